The van der Waals surface area contributed by atoms with Gasteiger partial charge < -0.3 is 10.5 Å². The van der Waals surface area contributed by atoms with Gasteiger partial charge in [-0.15, -0.1) is 11.3 Å². The Balaban J connectivity index is 1.67. The highest BCUT2D eigenvalue weighted by Crippen LogP contribution is 2.27. The summed E-state index contributed by atoms with van der Waals surface area (Å²) in [6.07, 6.45) is 1.62. The maximum absolute atomic E-state index is 12.3. The topological polar surface area (TPSA) is 116 Å². The Hall–Kier alpha value is -2.23. The minimum absolute atomic E-state index is 0.0364. The molecule has 3 rings (SSSR count). The van der Waals surface area contributed by atoms with Crippen molar-refractivity contribution in [3.63, 3.8) is 0 Å². The molecular weight excluding hydrogens is 364 g/mol. The maximum Gasteiger partial charge on any atom is 0.350 e. The van der Waals surface area contributed by atoms with Crippen molar-refractivity contribution in [1.29, 1.82) is 0 Å². The van der Waals surface area contributed by atoms with Gasteiger partial charge in [0.1, 0.15) is 16.4 Å². The zero-order valence-electron chi connectivity index (χ0n) is 13.1. The molecule has 3 N–H and O–H groups in total. The van der Waals surface area contributed by atoms with Gasteiger partial charge in [0, 0.05) is 11.6 Å². The van der Waals surface area contributed by atoms with E-state index in [1.165, 1.54) is 18.2 Å². The van der Waals surface area contributed by atoms with Crippen LogP contribution in [0.3, 0.4) is 0 Å². The van der Waals surface area contributed by atoms with Crippen molar-refractivity contribution in [1.82, 2.24) is 4.72 Å². The summed E-state index contributed by atoms with van der Waals surface area (Å²) < 4.78 is 32.3. The molecule has 132 valence electrons. The van der Waals surface area contributed by atoms with E-state index >= 15 is 0 Å². The van der Waals surface area contributed by atoms with Crippen LogP contribution < -0.4 is 10.5 Å². The third kappa shape index (κ3) is 4.25. The van der Waals surface area contributed by atoms with E-state index in [9.17, 15) is 18.0 Å². The first-order valence-corrected chi connectivity index (χ1v) is 9.89. The summed E-state index contributed by atoms with van der Waals surface area (Å²) in [5.74, 6) is -1.25. The van der Waals surface area contributed by atoms with E-state index in [0.717, 1.165) is 24.2 Å². The highest BCUT2D eigenvalue weighted by molar-refractivity contribution is 7.89. The molecule has 0 atom stereocenters. The summed E-state index contributed by atoms with van der Waals surface area (Å²) in [4.78, 5) is 23.3. The molecule has 0 saturated heterocycles. The fourth-order valence-electron chi connectivity index (χ4n) is 2.12. The molecule has 0 spiro atoms. The van der Waals surface area contributed by atoms with Crippen LogP contribution in [0.1, 0.15) is 38.4 Å². The standard InChI is InChI=1S/C16H16N2O5S2/c17-15(19)11-3-1-10(2-4-11)9-23-16(20)14-13(7-8-24-14)25(21,22)18-12-5-6-12/h1-4,7-8,12,18H,5-6,9H2,(H2,17,19). The summed E-state index contributed by atoms with van der Waals surface area (Å²) in [7, 11) is -3.72. The largest absolute Gasteiger partial charge is 0.457 e. The van der Waals surface area contributed by atoms with Crippen molar-refractivity contribution in [3.8, 4) is 0 Å². The number of nitrogens with two attached hydrogens (primary N) is 1. The molecule has 1 aromatic heterocycles. The second kappa shape index (κ2) is 6.95. The Kier molecular flexibility index (Phi) is 4.89. The van der Waals surface area contributed by atoms with E-state index in [1.807, 2.05) is 0 Å². The number of amides is 1. The molecule has 1 aliphatic carbocycles. The predicted molar refractivity (Wildman–Crippen MR) is 91.7 cm³/mol. The average Bonchev–Trinajstić information content (AvgIpc) is 3.22. The smallest absolute Gasteiger partial charge is 0.350 e. The molecule has 0 radical (unpaired) electrons. The van der Waals surface area contributed by atoms with Gasteiger partial charge >= 0.3 is 5.97 Å². The first kappa shape index (κ1) is 17.6. The molecule has 0 bridgehead atoms. The van der Waals surface area contributed by atoms with E-state index in [1.54, 1.807) is 17.5 Å². The number of rotatable bonds is 7. The average molecular weight is 380 g/mol. The lowest BCUT2D eigenvalue weighted by Crippen LogP contribution is -2.26. The lowest BCUT2D eigenvalue weighted by atomic mass is 10.1. The van der Waals surface area contributed by atoms with Crippen molar-refractivity contribution in [3.05, 3.63) is 51.7 Å². The number of esters is 1. The highest BCUT2D eigenvalue weighted by Gasteiger charge is 2.31. The van der Waals surface area contributed by atoms with Crippen LogP contribution in [0.4, 0.5) is 0 Å². The number of thiophene rings is 1. The molecule has 0 aliphatic heterocycles. The van der Waals surface area contributed by atoms with Crippen LogP contribution in [0.25, 0.3) is 0 Å². The molecule has 1 aliphatic rings. The summed E-state index contributed by atoms with van der Waals surface area (Å²) in [5.41, 5.74) is 6.18. The molecule has 2 aromatic rings. The van der Waals surface area contributed by atoms with E-state index in [2.05, 4.69) is 4.72 Å². The molecule has 1 aromatic carbocycles. The van der Waals surface area contributed by atoms with Gasteiger partial charge in [-0.1, -0.05) is 12.1 Å². The Morgan fingerprint density at radius 2 is 1.88 bits per heavy atom. The number of nitrogens with one attached hydrogen (secondary N) is 1. The zero-order valence-corrected chi connectivity index (χ0v) is 14.7. The Labute approximate surface area is 148 Å². The van der Waals surface area contributed by atoms with Crippen LogP contribution in [-0.4, -0.2) is 26.3 Å². The molecule has 1 fully saturated rings. The van der Waals surface area contributed by atoms with Gasteiger partial charge in [-0.25, -0.2) is 17.9 Å². The molecule has 0 unspecified atom stereocenters. The zero-order chi connectivity index (χ0) is 18.0. The van der Waals surface area contributed by atoms with Crippen LogP contribution in [0.2, 0.25) is 0 Å². The van der Waals surface area contributed by atoms with Crippen molar-refractivity contribution in [2.24, 2.45) is 5.73 Å². The molecule has 25 heavy (non-hydrogen) atoms. The fourth-order valence-corrected chi connectivity index (χ4v) is 4.74. The summed E-state index contributed by atoms with van der Waals surface area (Å²) in [6.45, 7) is -0.0364. The van der Waals surface area contributed by atoms with Gasteiger partial charge in [-0.05, 0) is 42.0 Å². The first-order chi connectivity index (χ1) is 11.9. The monoisotopic (exact) mass is 380 g/mol. The summed E-state index contributed by atoms with van der Waals surface area (Å²) in [5, 5.41) is 1.54. The van der Waals surface area contributed by atoms with Gasteiger partial charge in [0.05, 0.1) is 0 Å². The predicted octanol–water partition coefficient (Wildman–Crippen LogP) is 1.64. The number of sulfonamides is 1. The Bertz CT molecular complexity index is 899. The van der Waals surface area contributed by atoms with Crippen LogP contribution in [0, 0.1) is 0 Å². The van der Waals surface area contributed by atoms with Gasteiger partial charge in [0.15, 0.2) is 0 Å². The van der Waals surface area contributed by atoms with E-state index in [0.29, 0.717) is 11.1 Å². The van der Waals surface area contributed by atoms with Gasteiger partial charge in [0.2, 0.25) is 15.9 Å². The number of carbonyl (C=O) groups is 2. The SMILES string of the molecule is NC(=O)c1ccc(COC(=O)c2sccc2S(=O)(=O)NC2CC2)cc1. The van der Waals surface area contributed by atoms with E-state index < -0.39 is 21.9 Å². The van der Waals surface area contributed by atoms with Crippen LogP contribution in [0.5, 0.6) is 0 Å². The van der Waals surface area contributed by atoms with Gasteiger partial charge in [-0.3, -0.25) is 4.79 Å². The van der Waals surface area contributed by atoms with Crippen molar-refractivity contribution in [2.45, 2.75) is 30.4 Å². The van der Waals surface area contributed by atoms with Gasteiger partial charge in [0.25, 0.3) is 0 Å². The normalized spacial score (nSPS) is 14.2. The Morgan fingerprint density at radius 1 is 1.20 bits per heavy atom. The maximum atomic E-state index is 12.3. The van der Waals surface area contributed by atoms with Crippen LogP contribution >= 0.6 is 11.3 Å². The summed E-state index contributed by atoms with van der Waals surface area (Å²) >= 11 is 1.02. The van der Waals surface area contributed by atoms with Gasteiger partial charge in [-0.2, -0.15) is 0 Å². The third-order valence-electron chi connectivity index (χ3n) is 3.61. The Morgan fingerprint density at radius 3 is 2.48 bits per heavy atom. The highest BCUT2D eigenvalue weighted by atomic mass is 32.2. The quantitative estimate of drug-likeness (QED) is 0.709. The second-order valence-corrected chi connectivity index (χ2v) is 8.25. The molecule has 7 nitrogen and oxygen atoms in total. The number of hydrogen-bond donors (Lipinski definition) is 2. The lowest BCUT2D eigenvalue weighted by Gasteiger charge is -2.08. The van der Waals surface area contributed by atoms with Crippen LogP contribution in [0.15, 0.2) is 40.6 Å². The van der Waals surface area contributed by atoms with Crippen molar-refractivity contribution >= 4 is 33.2 Å². The van der Waals surface area contributed by atoms with Crippen molar-refractivity contribution in [2.75, 3.05) is 0 Å². The third-order valence-corrected chi connectivity index (χ3v) is 6.20. The first-order valence-electron chi connectivity index (χ1n) is 7.52. The second-order valence-electron chi connectivity index (χ2n) is 5.65. The summed E-state index contributed by atoms with van der Waals surface area (Å²) in [6, 6.07) is 7.66. The molecule has 1 saturated carbocycles. The minimum atomic E-state index is -3.72. The van der Waals surface area contributed by atoms with E-state index in [-0.39, 0.29) is 22.4 Å². The molecular formula is C16H16N2O5S2. The number of ether oxygens (including phenoxy) is 1. The fraction of sp³-hybridized carbons (Fsp3) is 0.250. The molecule has 9 heteroatoms. The number of hydrogen-bond acceptors (Lipinski definition) is 6. The van der Waals surface area contributed by atoms with Crippen LogP contribution in [-0.2, 0) is 21.4 Å². The molecule has 1 amide bonds. The minimum Gasteiger partial charge on any atom is -0.457 e. The molecule has 1 heterocycles. The van der Waals surface area contributed by atoms with Crippen molar-refractivity contribution < 1.29 is 22.7 Å². The van der Waals surface area contributed by atoms with E-state index in [4.69, 9.17) is 10.5 Å². The number of primary amides is 1. The number of carbonyl (C=O) groups excluding carboxylic acids is 2. The lowest BCUT2D eigenvalue weighted by molar-refractivity contribution is 0.0474. The number of benzene rings is 1.